The third-order valence-electron chi connectivity index (χ3n) is 1.05. The van der Waals surface area contributed by atoms with Crippen LogP contribution in [-0.2, 0) is 0 Å². The van der Waals surface area contributed by atoms with Crippen molar-refractivity contribution in [3.63, 3.8) is 0 Å². The minimum atomic E-state index is -2.53. The van der Waals surface area contributed by atoms with Crippen molar-refractivity contribution >= 4 is 17.6 Å². The molecule has 1 rings (SSSR count). The fourth-order valence-electron chi connectivity index (χ4n) is 0.606. The standard InChI is InChI=1S/C6H4F2OS/c7-6(8)5-4(3-9)1-2-10-5/h1-3,6H. The van der Waals surface area contributed by atoms with E-state index in [-0.39, 0.29) is 10.4 Å². The molecular weight excluding hydrogens is 158 g/mol. The Morgan fingerprint density at radius 1 is 1.60 bits per heavy atom. The largest absolute Gasteiger partial charge is 0.298 e. The van der Waals surface area contributed by atoms with E-state index >= 15 is 0 Å². The van der Waals surface area contributed by atoms with Crippen molar-refractivity contribution in [1.29, 1.82) is 0 Å². The third-order valence-corrected chi connectivity index (χ3v) is 1.99. The Bertz CT molecular complexity index is 231. The molecule has 0 saturated carbocycles. The van der Waals surface area contributed by atoms with Gasteiger partial charge in [0.25, 0.3) is 6.43 Å². The van der Waals surface area contributed by atoms with Gasteiger partial charge in [-0.2, -0.15) is 0 Å². The van der Waals surface area contributed by atoms with Crippen LogP contribution in [-0.4, -0.2) is 6.29 Å². The van der Waals surface area contributed by atoms with Crippen LogP contribution in [0.3, 0.4) is 0 Å². The lowest BCUT2D eigenvalue weighted by molar-refractivity contribution is 0.111. The van der Waals surface area contributed by atoms with Crippen LogP contribution in [0.2, 0.25) is 0 Å². The summed E-state index contributed by atoms with van der Waals surface area (Å²) in [4.78, 5) is 9.92. The molecule has 1 heterocycles. The molecule has 0 atom stereocenters. The van der Waals surface area contributed by atoms with E-state index in [0.717, 1.165) is 11.3 Å². The van der Waals surface area contributed by atoms with Gasteiger partial charge in [0, 0.05) is 5.56 Å². The Balaban J connectivity index is 3.01. The zero-order chi connectivity index (χ0) is 7.56. The number of hydrogen-bond donors (Lipinski definition) is 0. The van der Waals surface area contributed by atoms with Gasteiger partial charge in [0.2, 0.25) is 0 Å². The smallest absolute Gasteiger partial charge is 0.273 e. The molecule has 0 fully saturated rings. The Hall–Kier alpha value is -0.770. The predicted octanol–water partition coefficient (Wildman–Crippen LogP) is 2.50. The third kappa shape index (κ3) is 1.21. The van der Waals surface area contributed by atoms with Gasteiger partial charge in [-0.1, -0.05) is 0 Å². The van der Waals surface area contributed by atoms with Crippen LogP contribution in [0.25, 0.3) is 0 Å². The molecule has 0 aliphatic carbocycles. The predicted molar refractivity (Wildman–Crippen MR) is 34.7 cm³/mol. The van der Waals surface area contributed by atoms with Crippen molar-refractivity contribution in [3.05, 3.63) is 21.9 Å². The van der Waals surface area contributed by atoms with E-state index in [2.05, 4.69) is 0 Å². The highest BCUT2D eigenvalue weighted by Crippen LogP contribution is 2.26. The molecule has 0 radical (unpaired) electrons. The number of alkyl halides is 2. The lowest BCUT2D eigenvalue weighted by Crippen LogP contribution is -1.84. The SMILES string of the molecule is O=Cc1ccsc1C(F)F. The molecule has 1 aromatic heterocycles. The molecular formula is C6H4F2OS. The maximum atomic E-state index is 11.9. The summed E-state index contributed by atoms with van der Waals surface area (Å²) in [6, 6.07) is 1.39. The van der Waals surface area contributed by atoms with Gasteiger partial charge in [0.15, 0.2) is 6.29 Å². The second kappa shape index (κ2) is 2.88. The summed E-state index contributed by atoms with van der Waals surface area (Å²) in [5, 5.41) is 1.48. The van der Waals surface area contributed by atoms with Crippen LogP contribution in [0.15, 0.2) is 11.4 Å². The lowest BCUT2D eigenvalue weighted by atomic mass is 10.3. The molecule has 0 N–H and O–H groups in total. The maximum absolute atomic E-state index is 11.9. The van der Waals surface area contributed by atoms with E-state index in [4.69, 9.17) is 0 Å². The average molecular weight is 162 g/mol. The van der Waals surface area contributed by atoms with Crippen molar-refractivity contribution in [1.82, 2.24) is 0 Å². The number of carbonyl (C=O) groups excluding carboxylic acids is 1. The van der Waals surface area contributed by atoms with Crippen molar-refractivity contribution in [2.75, 3.05) is 0 Å². The van der Waals surface area contributed by atoms with Crippen molar-refractivity contribution in [2.24, 2.45) is 0 Å². The molecule has 4 heteroatoms. The van der Waals surface area contributed by atoms with Crippen molar-refractivity contribution < 1.29 is 13.6 Å². The van der Waals surface area contributed by atoms with Crippen LogP contribution in [0.5, 0.6) is 0 Å². The molecule has 0 aliphatic heterocycles. The second-order valence-electron chi connectivity index (χ2n) is 1.66. The molecule has 0 bridgehead atoms. The highest BCUT2D eigenvalue weighted by atomic mass is 32.1. The summed E-state index contributed by atoms with van der Waals surface area (Å²) in [6.45, 7) is 0. The van der Waals surface area contributed by atoms with E-state index < -0.39 is 6.43 Å². The molecule has 1 nitrogen and oxygen atoms in total. The lowest BCUT2D eigenvalue weighted by Gasteiger charge is -1.92. The van der Waals surface area contributed by atoms with Gasteiger partial charge in [-0.25, -0.2) is 8.78 Å². The van der Waals surface area contributed by atoms with Crippen LogP contribution >= 0.6 is 11.3 Å². The molecule has 0 amide bonds. The minimum absolute atomic E-state index is 0.0972. The number of hydrogen-bond acceptors (Lipinski definition) is 2. The fraction of sp³-hybridized carbons (Fsp3) is 0.167. The quantitative estimate of drug-likeness (QED) is 0.610. The number of aldehydes is 1. The molecule has 0 saturated heterocycles. The van der Waals surface area contributed by atoms with Gasteiger partial charge in [-0.15, -0.1) is 11.3 Å². The Morgan fingerprint density at radius 2 is 2.30 bits per heavy atom. The van der Waals surface area contributed by atoms with E-state index in [1.165, 1.54) is 11.4 Å². The molecule has 1 aromatic rings. The maximum Gasteiger partial charge on any atom is 0.273 e. The van der Waals surface area contributed by atoms with Gasteiger partial charge < -0.3 is 0 Å². The minimum Gasteiger partial charge on any atom is -0.298 e. The molecule has 0 aliphatic rings. The van der Waals surface area contributed by atoms with Gasteiger partial charge >= 0.3 is 0 Å². The summed E-state index contributed by atoms with van der Waals surface area (Å²) in [7, 11) is 0. The fourth-order valence-corrected chi connectivity index (χ4v) is 1.32. The summed E-state index contributed by atoms with van der Waals surface area (Å²) < 4.78 is 23.8. The number of rotatable bonds is 2. The van der Waals surface area contributed by atoms with E-state index in [0.29, 0.717) is 6.29 Å². The first kappa shape index (κ1) is 7.34. The van der Waals surface area contributed by atoms with Gasteiger partial charge in [-0.3, -0.25) is 4.79 Å². The van der Waals surface area contributed by atoms with Crippen molar-refractivity contribution in [2.45, 2.75) is 6.43 Å². The average Bonchev–Trinajstić information content (AvgIpc) is 2.33. The van der Waals surface area contributed by atoms with Crippen LogP contribution < -0.4 is 0 Å². The van der Waals surface area contributed by atoms with Gasteiger partial charge in [0.05, 0.1) is 4.88 Å². The molecule has 0 unspecified atom stereocenters. The topological polar surface area (TPSA) is 17.1 Å². The first-order valence-electron chi connectivity index (χ1n) is 2.56. The van der Waals surface area contributed by atoms with E-state index in [1.807, 2.05) is 0 Å². The molecule has 54 valence electrons. The van der Waals surface area contributed by atoms with E-state index in [1.54, 1.807) is 0 Å². The van der Waals surface area contributed by atoms with Gasteiger partial charge in [-0.05, 0) is 11.4 Å². The highest BCUT2D eigenvalue weighted by molar-refractivity contribution is 7.10. The van der Waals surface area contributed by atoms with Crippen LogP contribution in [0.1, 0.15) is 21.7 Å². The Kier molecular flexibility index (Phi) is 2.11. The monoisotopic (exact) mass is 162 g/mol. The van der Waals surface area contributed by atoms with Gasteiger partial charge in [0.1, 0.15) is 0 Å². The van der Waals surface area contributed by atoms with E-state index in [9.17, 15) is 13.6 Å². The number of carbonyl (C=O) groups is 1. The second-order valence-corrected chi connectivity index (χ2v) is 2.61. The van der Waals surface area contributed by atoms with Crippen LogP contribution in [0, 0.1) is 0 Å². The summed E-state index contributed by atoms with van der Waals surface area (Å²) in [5.41, 5.74) is 0.0972. The molecule has 10 heavy (non-hydrogen) atoms. The zero-order valence-electron chi connectivity index (χ0n) is 4.88. The summed E-state index contributed by atoms with van der Waals surface area (Å²) in [5.74, 6) is 0. The van der Waals surface area contributed by atoms with Crippen molar-refractivity contribution in [3.8, 4) is 0 Å². The highest BCUT2D eigenvalue weighted by Gasteiger charge is 2.12. The first-order chi connectivity index (χ1) is 4.75. The summed E-state index contributed by atoms with van der Waals surface area (Å²) in [6.07, 6.45) is -2.09. The normalized spacial score (nSPS) is 10.3. The zero-order valence-corrected chi connectivity index (χ0v) is 5.70. The summed E-state index contributed by atoms with van der Waals surface area (Å²) >= 11 is 0.901. The molecule has 0 spiro atoms. The number of halogens is 2. The Labute approximate surface area is 60.3 Å². The molecule has 0 aromatic carbocycles. The van der Waals surface area contributed by atoms with Crippen LogP contribution in [0.4, 0.5) is 8.78 Å². The first-order valence-corrected chi connectivity index (χ1v) is 3.44. The Morgan fingerprint density at radius 3 is 2.70 bits per heavy atom. The number of thiophene rings is 1.